The van der Waals surface area contributed by atoms with E-state index >= 15 is 0 Å². The van der Waals surface area contributed by atoms with Crippen LogP contribution in [0.25, 0.3) is 0 Å². The molecule has 0 radical (unpaired) electrons. The monoisotopic (exact) mass is 198 g/mol. The van der Waals surface area contributed by atoms with Gasteiger partial charge in [0, 0.05) is 13.1 Å². The fourth-order valence-corrected chi connectivity index (χ4v) is 1.47. The number of nitrogens with zero attached hydrogens (tertiary/aromatic N) is 2. The molecule has 2 heterocycles. The first-order chi connectivity index (χ1) is 6.31. The Kier molecular flexibility index (Phi) is 2.38. The average molecular weight is 199 g/mol. The summed E-state index contributed by atoms with van der Waals surface area (Å²) >= 11 is 5.82. The van der Waals surface area contributed by atoms with Crippen molar-refractivity contribution in [2.45, 2.75) is 13.0 Å². The van der Waals surface area contributed by atoms with Gasteiger partial charge >= 0.3 is 0 Å². The summed E-state index contributed by atoms with van der Waals surface area (Å²) in [6, 6.07) is 3.68. The van der Waals surface area contributed by atoms with Crippen LogP contribution in [-0.2, 0) is 6.61 Å². The minimum absolute atomic E-state index is 0.0967. The number of rotatable bonds is 2. The van der Waals surface area contributed by atoms with E-state index in [1.807, 2.05) is 6.07 Å². The normalized spacial score (nSPS) is 15.7. The van der Waals surface area contributed by atoms with Gasteiger partial charge in [0.2, 0.25) is 0 Å². The second-order valence-corrected chi connectivity index (χ2v) is 3.50. The number of hydrogen-bond donors (Lipinski definition) is 1. The molecule has 1 aliphatic heterocycles. The molecular formula is C9H11ClN2O. The molecule has 0 atom stereocenters. The molecule has 1 saturated heterocycles. The molecule has 0 aliphatic carbocycles. The van der Waals surface area contributed by atoms with Crippen molar-refractivity contribution in [3.05, 3.63) is 22.8 Å². The van der Waals surface area contributed by atoms with E-state index in [0.29, 0.717) is 10.7 Å². The minimum Gasteiger partial charge on any atom is -0.390 e. The van der Waals surface area contributed by atoms with Crippen LogP contribution in [0.4, 0.5) is 5.82 Å². The first-order valence-corrected chi connectivity index (χ1v) is 4.70. The van der Waals surface area contributed by atoms with E-state index in [1.165, 1.54) is 6.42 Å². The summed E-state index contributed by atoms with van der Waals surface area (Å²) in [5, 5.41) is 9.48. The second-order valence-electron chi connectivity index (χ2n) is 3.10. The third-order valence-electron chi connectivity index (χ3n) is 2.23. The highest BCUT2D eigenvalue weighted by Gasteiger charge is 2.16. The molecule has 2 rings (SSSR count). The molecule has 13 heavy (non-hydrogen) atoms. The van der Waals surface area contributed by atoms with E-state index in [-0.39, 0.29) is 6.61 Å². The highest BCUT2D eigenvalue weighted by Crippen LogP contribution is 2.22. The minimum atomic E-state index is -0.0967. The van der Waals surface area contributed by atoms with Gasteiger partial charge in [-0.15, -0.1) is 0 Å². The lowest BCUT2D eigenvalue weighted by atomic mass is 10.2. The Bertz CT molecular complexity index is 312. The predicted molar refractivity (Wildman–Crippen MR) is 52.0 cm³/mol. The second kappa shape index (κ2) is 3.52. The van der Waals surface area contributed by atoms with Gasteiger partial charge in [0.15, 0.2) is 0 Å². The van der Waals surface area contributed by atoms with Crippen LogP contribution in [0.1, 0.15) is 12.1 Å². The number of pyridine rings is 1. The third kappa shape index (κ3) is 1.62. The number of aliphatic hydroxyl groups is 1. The Morgan fingerprint density at radius 2 is 2.23 bits per heavy atom. The zero-order chi connectivity index (χ0) is 9.26. The van der Waals surface area contributed by atoms with Crippen molar-refractivity contribution < 1.29 is 5.11 Å². The molecule has 1 fully saturated rings. The van der Waals surface area contributed by atoms with Crippen LogP contribution in [0.5, 0.6) is 0 Å². The van der Waals surface area contributed by atoms with Crippen LogP contribution in [-0.4, -0.2) is 23.2 Å². The Morgan fingerprint density at radius 1 is 1.46 bits per heavy atom. The van der Waals surface area contributed by atoms with Gasteiger partial charge in [0.1, 0.15) is 5.82 Å². The highest BCUT2D eigenvalue weighted by atomic mass is 35.5. The Labute approximate surface area is 82.0 Å². The van der Waals surface area contributed by atoms with E-state index in [9.17, 15) is 0 Å². The van der Waals surface area contributed by atoms with E-state index in [4.69, 9.17) is 16.7 Å². The molecule has 1 aromatic rings. The summed E-state index contributed by atoms with van der Waals surface area (Å²) < 4.78 is 0. The first-order valence-electron chi connectivity index (χ1n) is 4.32. The predicted octanol–water partition coefficient (Wildman–Crippen LogP) is 1.44. The van der Waals surface area contributed by atoms with Crippen molar-refractivity contribution in [2.24, 2.45) is 0 Å². The number of aliphatic hydroxyl groups excluding tert-OH is 1. The van der Waals surface area contributed by atoms with Crippen LogP contribution >= 0.6 is 11.6 Å². The topological polar surface area (TPSA) is 36.4 Å². The standard InChI is InChI=1S/C9H11ClN2O/c10-7-2-3-9(11-8(7)6-13)12-4-1-5-12/h2-3,13H,1,4-6H2. The lowest BCUT2D eigenvalue weighted by molar-refractivity contribution is 0.277. The summed E-state index contributed by atoms with van der Waals surface area (Å²) in [7, 11) is 0. The molecule has 0 aromatic carbocycles. The van der Waals surface area contributed by atoms with Gasteiger partial charge in [-0.05, 0) is 18.6 Å². The van der Waals surface area contributed by atoms with Gasteiger partial charge in [-0.3, -0.25) is 0 Å². The maximum absolute atomic E-state index is 8.95. The van der Waals surface area contributed by atoms with E-state index in [2.05, 4.69) is 9.88 Å². The van der Waals surface area contributed by atoms with Crippen LogP contribution in [0.15, 0.2) is 12.1 Å². The SMILES string of the molecule is OCc1nc(N2CCC2)ccc1Cl. The third-order valence-corrected chi connectivity index (χ3v) is 2.58. The zero-order valence-electron chi connectivity index (χ0n) is 7.20. The Hall–Kier alpha value is -0.800. The number of halogens is 1. The van der Waals surface area contributed by atoms with Crippen molar-refractivity contribution in [2.75, 3.05) is 18.0 Å². The molecule has 0 saturated carbocycles. The molecule has 0 unspecified atom stereocenters. The fraction of sp³-hybridized carbons (Fsp3) is 0.444. The van der Waals surface area contributed by atoms with E-state index < -0.39 is 0 Å². The number of hydrogen-bond acceptors (Lipinski definition) is 3. The van der Waals surface area contributed by atoms with Gasteiger partial charge in [-0.2, -0.15) is 0 Å². The highest BCUT2D eigenvalue weighted by molar-refractivity contribution is 6.31. The lowest BCUT2D eigenvalue weighted by Crippen LogP contribution is -2.37. The molecule has 1 aromatic heterocycles. The summed E-state index contributed by atoms with van der Waals surface area (Å²) in [6.07, 6.45) is 1.22. The van der Waals surface area contributed by atoms with E-state index in [0.717, 1.165) is 18.9 Å². The van der Waals surface area contributed by atoms with Crippen LogP contribution in [0.2, 0.25) is 5.02 Å². The quantitative estimate of drug-likeness (QED) is 0.781. The Balaban J connectivity index is 2.26. The number of aromatic nitrogens is 1. The molecule has 1 N–H and O–H groups in total. The molecule has 70 valence electrons. The Morgan fingerprint density at radius 3 is 2.77 bits per heavy atom. The summed E-state index contributed by atoms with van der Waals surface area (Å²) in [5.74, 6) is 0.916. The molecule has 0 spiro atoms. The van der Waals surface area contributed by atoms with Crippen molar-refractivity contribution in [3.63, 3.8) is 0 Å². The lowest BCUT2D eigenvalue weighted by Gasteiger charge is -2.32. The first kappa shape index (κ1) is 8.78. The van der Waals surface area contributed by atoms with Gasteiger partial charge in [0.25, 0.3) is 0 Å². The summed E-state index contributed by atoms with van der Waals surface area (Å²) in [6.45, 7) is 2.01. The maximum Gasteiger partial charge on any atom is 0.129 e. The van der Waals surface area contributed by atoms with E-state index in [1.54, 1.807) is 6.07 Å². The largest absolute Gasteiger partial charge is 0.390 e. The summed E-state index contributed by atoms with van der Waals surface area (Å²) in [4.78, 5) is 6.42. The molecule has 1 aliphatic rings. The van der Waals surface area contributed by atoms with Gasteiger partial charge in [-0.25, -0.2) is 4.98 Å². The maximum atomic E-state index is 8.95. The summed E-state index contributed by atoms with van der Waals surface area (Å²) in [5.41, 5.74) is 0.561. The van der Waals surface area contributed by atoms with Crippen LogP contribution in [0.3, 0.4) is 0 Å². The van der Waals surface area contributed by atoms with Crippen molar-refractivity contribution in [3.8, 4) is 0 Å². The molecule has 3 nitrogen and oxygen atoms in total. The van der Waals surface area contributed by atoms with Crippen molar-refractivity contribution in [1.29, 1.82) is 0 Å². The molecule has 4 heteroatoms. The van der Waals surface area contributed by atoms with Crippen molar-refractivity contribution >= 4 is 17.4 Å². The van der Waals surface area contributed by atoms with Crippen molar-refractivity contribution in [1.82, 2.24) is 4.98 Å². The fourth-order valence-electron chi connectivity index (χ4n) is 1.31. The smallest absolute Gasteiger partial charge is 0.129 e. The molecular weight excluding hydrogens is 188 g/mol. The van der Waals surface area contributed by atoms with Gasteiger partial charge in [0.05, 0.1) is 17.3 Å². The number of anilines is 1. The zero-order valence-corrected chi connectivity index (χ0v) is 7.96. The molecule has 0 bridgehead atoms. The molecule has 0 amide bonds. The van der Waals surface area contributed by atoms with Gasteiger partial charge < -0.3 is 10.0 Å². The van der Waals surface area contributed by atoms with Gasteiger partial charge in [-0.1, -0.05) is 11.6 Å². The average Bonchev–Trinajstić information content (AvgIpc) is 2.05. The van der Waals surface area contributed by atoms with Crippen LogP contribution in [0, 0.1) is 0 Å². The van der Waals surface area contributed by atoms with Crippen LogP contribution < -0.4 is 4.90 Å².